The fraction of sp³-hybridized carbons (Fsp3) is 0.0588. The van der Waals surface area contributed by atoms with Gasteiger partial charge < -0.3 is 5.32 Å². The van der Waals surface area contributed by atoms with Gasteiger partial charge in [0.05, 0.1) is 0 Å². The minimum atomic E-state index is -0.323. The summed E-state index contributed by atoms with van der Waals surface area (Å²) < 4.78 is 0. The van der Waals surface area contributed by atoms with E-state index in [4.69, 9.17) is 35.4 Å². The second-order valence-electron chi connectivity index (χ2n) is 4.85. The van der Waals surface area contributed by atoms with Gasteiger partial charge in [-0.3, -0.25) is 10.1 Å². The van der Waals surface area contributed by atoms with E-state index in [1.165, 1.54) is 6.08 Å². The van der Waals surface area contributed by atoms with Crippen molar-refractivity contribution >= 4 is 58.2 Å². The van der Waals surface area contributed by atoms with E-state index >= 15 is 0 Å². The van der Waals surface area contributed by atoms with Crippen molar-refractivity contribution in [3.8, 4) is 0 Å². The molecule has 23 heavy (non-hydrogen) atoms. The molecule has 1 amide bonds. The number of amides is 1. The van der Waals surface area contributed by atoms with Crippen LogP contribution in [0.1, 0.15) is 11.1 Å². The molecule has 2 aromatic carbocycles. The molecule has 2 N–H and O–H groups in total. The van der Waals surface area contributed by atoms with Crippen LogP contribution < -0.4 is 10.6 Å². The molecule has 0 saturated carbocycles. The van der Waals surface area contributed by atoms with Crippen molar-refractivity contribution in [2.75, 3.05) is 5.32 Å². The predicted molar refractivity (Wildman–Crippen MR) is 101 cm³/mol. The second kappa shape index (κ2) is 8.11. The molecule has 0 atom stereocenters. The van der Waals surface area contributed by atoms with Crippen LogP contribution in [0.2, 0.25) is 10.0 Å². The number of rotatable bonds is 3. The largest absolute Gasteiger partial charge is 0.332 e. The minimum absolute atomic E-state index is 0.168. The van der Waals surface area contributed by atoms with Gasteiger partial charge in [-0.05, 0) is 49.0 Å². The molecule has 0 fully saturated rings. The maximum Gasteiger partial charge on any atom is 0.250 e. The summed E-state index contributed by atoms with van der Waals surface area (Å²) in [5, 5.41) is 6.54. The van der Waals surface area contributed by atoms with Crippen LogP contribution in [-0.2, 0) is 4.79 Å². The first kappa shape index (κ1) is 17.5. The van der Waals surface area contributed by atoms with Crippen LogP contribution in [-0.4, -0.2) is 11.0 Å². The van der Waals surface area contributed by atoms with Gasteiger partial charge in [0.25, 0.3) is 0 Å². The number of hydrogen-bond donors (Lipinski definition) is 2. The standard InChI is InChI=1S/C17H14Cl2N2OS/c1-11-2-4-12(5-3-11)6-7-16(22)21-17(23)20-15-9-13(18)8-14(19)10-15/h2-10H,1H3,(H2,20,21,22,23)/b7-6+. The number of halogens is 2. The van der Waals surface area contributed by atoms with Crippen molar-refractivity contribution in [1.29, 1.82) is 0 Å². The van der Waals surface area contributed by atoms with Gasteiger partial charge in [-0.1, -0.05) is 53.0 Å². The Morgan fingerprint density at radius 3 is 2.30 bits per heavy atom. The monoisotopic (exact) mass is 364 g/mol. The SMILES string of the molecule is Cc1ccc(/C=C/C(=O)NC(=S)Nc2cc(Cl)cc(Cl)c2)cc1. The van der Waals surface area contributed by atoms with E-state index in [9.17, 15) is 4.79 Å². The molecule has 6 heteroatoms. The molecule has 2 rings (SSSR count). The Morgan fingerprint density at radius 1 is 1.09 bits per heavy atom. The molecule has 118 valence electrons. The molecule has 0 aromatic heterocycles. The number of anilines is 1. The van der Waals surface area contributed by atoms with Crippen molar-refractivity contribution in [2.45, 2.75) is 6.92 Å². The van der Waals surface area contributed by atoms with Crippen molar-refractivity contribution in [2.24, 2.45) is 0 Å². The average Bonchev–Trinajstić information content (AvgIpc) is 2.45. The molecule has 0 unspecified atom stereocenters. The van der Waals surface area contributed by atoms with Gasteiger partial charge in [0.1, 0.15) is 0 Å². The van der Waals surface area contributed by atoms with E-state index in [1.54, 1.807) is 24.3 Å². The third kappa shape index (κ3) is 6.02. The highest BCUT2D eigenvalue weighted by molar-refractivity contribution is 7.80. The van der Waals surface area contributed by atoms with Crippen LogP contribution in [0, 0.1) is 6.92 Å². The van der Waals surface area contributed by atoms with E-state index in [2.05, 4.69) is 10.6 Å². The van der Waals surface area contributed by atoms with Gasteiger partial charge in [0.2, 0.25) is 5.91 Å². The van der Waals surface area contributed by atoms with Crippen molar-refractivity contribution in [3.63, 3.8) is 0 Å². The Morgan fingerprint density at radius 2 is 1.70 bits per heavy atom. The quantitative estimate of drug-likeness (QED) is 0.605. The molecule has 0 aliphatic carbocycles. The van der Waals surface area contributed by atoms with Gasteiger partial charge in [0.15, 0.2) is 5.11 Å². The molecule has 0 saturated heterocycles. The summed E-state index contributed by atoms with van der Waals surface area (Å²) in [6.45, 7) is 2.01. The summed E-state index contributed by atoms with van der Waals surface area (Å²) in [4.78, 5) is 11.8. The van der Waals surface area contributed by atoms with Crippen LogP contribution in [0.4, 0.5) is 5.69 Å². The maximum atomic E-state index is 11.8. The van der Waals surface area contributed by atoms with Gasteiger partial charge in [-0.25, -0.2) is 0 Å². The van der Waals surface area contributed by atoms with Gasteiger partial charge in [-0.15, -0.1) is 0 Å². The number of nitrogens with one attached hydrogen (secondary N) is 2. The Hall–Kier alpha value is -1.88. The molecule has 0 radical (unpaired) electrons. The highest BCUT2D eigenvalue weighted by atomic mass is 35.5. The highest BCUT2D eigenvalue weighted by Crippen LogP contribution is 2.22. The van der Waals surface area contributed by atoms with Crippen LogP contribution in [0.3, 0.4) is 0 Å². The molecule has 0 spiro atoms. The molecule has 2 aromatic rings. The fourth-order valence-electron chi connectivity index (χ4n) is 1.79. The number of aryl methyl sites for hydroxylation is 1. The molecular formula is C17H14Cl2N2OS. The van der Waals surface area contributed by atoms with Gasteiger partial charge >= 0.3 is 0 Å². The van der Waals surface area contributed by atoms with E-state index in [0.717, 1.165) is 11.1 Å². The van der Waals surface area contributed by atoms with Gasteiger partial charge in [-0.2, -0.15) is 0 Å². The van der Waals surface area contributed by atoms with Crippen molar-refractivity contribution in [1.82, 2.24) is 5.32 Å². The molecular weight excluding hydrogens is 351 g/mol. The Kier molecular flexibility index (Phi) is 6.16. The summed E-state index contributed by atoms with van der Waals surface area (Å²) in [7, 11) is 0. The average molecular weight is 365 g/mol. The smallest absolute Gasteiger partial charge is 0.250 e. The first-order valence-corrected chi connectivity index (χ1v) is 7.91. The van der Waals surface area contributed by atoms with Crippen molar-refractivity contribution in [3.05, 3.63) is 69.7 Å². The topological polar surface area (TPSA) is 41.1 Å². The number of carbonyl (C=O) groups excluding carboxylic acids is 1. The molecule has 0 bridgehead atoms. The third-order valence-electron chi connectivity index (χ3n) is 2.86. The summed E-state index contributed by atoms with van der Waals surface area (Å²) in [5.41, 5.74) is 2.71. The lowest BCUT2D eigenvalue weighted by Gasteiger charge is -2.08. The second-order valence-corrected chi connectivity index (χ2v) is 6.13. The lowest BCUT2D eigenvalue weighted by molar-refractivity contribution is -0.115. The van der Waals surface area contributed by atoms with E-state index in [-0.39, 0.29) is 11.0 Å². The summed E-state index contributed by atoms with van der Waals surface area (Å²) in [6.07, 6.45) is 3.14. The van der Waals surface area contributed by atoms with Crippen LogP contribution in [0.5, 0.6) is 0 Å². The first-order chi connectivity index (χ1) is 10.9. The minimum Gasteiger partial charge on any atom is -0.332 e. The zero-order valence-electron chi connectivity index (χ0n) is 12.3. The number of hydrogen-bond acceptors (Lipinski definition) is 2. The Balaban J connectivity index is 1.91. The molecule has 0 aliphatic heterocycles. The molecule has 0 heterocycles. The number of carbonyl (C=O) groups is 1. The normalized spacial score (nSPS) is 10.6. The predicted octanol–water partition coefficient (Wildman–Crippen LogP) is 4.83. The highest BCUT2D eigenvalue weighted by Gasteiger charge is 2.03. The third-order valence-corrected chi connectivity index (χ3v) is 3.50. The summed E-state index contributed by atoms with van der Waals surface area (Å²) >= 11 is 16.9. The van der Waals surface area contributed by atoms with E-state index in [0.29, 0.717) is 15.7 Å². The van der Waals surface area contributed by atoms with Crippen LogP contribution >= 0.6 is 35.4 Å². The zero-order valence-corrected chi connectivity index (χ0v) is 14.6. The van der Waals surface area contributed by atoms with E-state index in [1.807, 2.05) is 31.2 Å². The van der Waals surface area contributed by atoms with Crippen molar-refractivity contribution < 1.29 is 4.79 Å². The number of thiocarbonyl (C=S) groups is 1. The Bertz CT molecular complexity index is 737. The van der Waals surface area contributed by atoms with E-state index < -0.39 is 0 Å². The molecule has 0 aliphatic rings. The fourth-order valence-corrected chi connectivity index (χ4v) is 2.54. The lowest BCUT2D eigenvalue weighted by atomic mass is 10.1. The van der Waals surface area contributed by atoms with Crippen LogP contribution in [0.25, 0.3) is 6.08 Å². The van der Waals surface area contributed by atoms with Gasteiger partial charge in [0, 0.05) is 21.8 Å². The molecule has 3 nitrogen and oxygen atoms in total. The summed E-state index contributed by atoms with van der Waals surface area (Å²) in [5.74, 6) is -0.323. The first-order valence-electron chi connectivity index (χ1n) is 6.75. The lowest BCUT2D eigenvalue weighted by Crippen LogP contribution is -2.32. The Labute approximate surface area is 150 Å². The maximum absolute atomic E-state index is 11.8. The van der Waals surface area contributed by atoms with Crippen LogP contribution in [0.15, 0.2) is 48.5 Å². The zero-order chi connectivity index (χ0) is 16.8. The number of benzene rings is 2. The summed E-state index contributed by atoms with van der Waals surface area (Å²) in [6, 6.07) is 12.8.